The predicted molar refractivity (Wildman–Crippen MR) is 140 cm³/mol. The van der Waals surface area contributed by atoms with Gasteiger partial charge in [-0.15, -0.1) is 0 Å². The minimum atomic E-state index is -4.60. The zero-order valence-corrected chi connectivity index (χ0v) is 22.2. The number of alkyl halides is 6. The van der Waals surface area contributed by atoms with E-state index in [1.807, 2.05) is 11.9 Å². The van der Waals surface area contributed by atoms with E-state index in [0.717, 1.165) is 25.2 Å². The molecule has 0 atom stereocenters. The number of anilines is 4. The Morgan fingerprint density at radius 3 is 2.20 bits per heavy atom. The molecule has 7 nitrogen and oxygen atoms in total. The van der Waals surface area contributed by atoms with Crippen molar-refractivity contribution in [2.75, 3.05) is 61.4 Å². The number of fused-ring (bicyclic) bond motifs is 1. The summed E-state index contributed by atoms with van der Waals surface area (Å²) in [5, 5.41) is 2.64. The van der Waals surface area contributed by atoms with Crippen LogP contribution in [0.5, 0.6) is 0 Å². The van der Waals surface area contributed by atoms with E-state index in [1.54, 1.807) is 4.90 Å². The number of likely N-dealkylation sites (N-methyl/N-ethyl adjacent to an activating group) is 1. The first-order valence-corrected chi connectivity index (χ1v) is 13.0. The van der Waals surface area contributed by atoms with Gasteiger partial charge >= 0.3 is 12.4 Å². The van der Waals surface area contributed by atoms with Gasteiger partial charge in [0, 0.05) is 63.1 Å². The summed E-state index contributed by atoms with van der Waals surface area (Å²) in [7, 11) is 2.01. The summed E-state index contributed by atoms with van der Waals surface area (Å²) >= 11 is 5.94. The molecule has 40 heavy (non-hydrogen) atoms. The fourth-order valence-corrected chi connectivity index (χ4v) is 5.17. The first kappa shape index (κ1) is 28.2. The lowest BCUT2D eigenvalue weighted by molar-refractivity contribution is -0.138. The van der Waals surface area contributed by atoms with E-state index >= 15 is 0 Å². The van der Waals surface area contributed by atoms with E-state index in [-0.39, 0.29) is 18.9 Å². The van der Waals surface area contributed by atoms with Gasteiger partial charge in [-0.25, -0.2) is 9.97 Å². The summed E-state index contributed by atoms with van der Waals surface area (Å²) in [6.45, 7) is 3.41. The van der Waals surface area contributed by atoms with Crippen LogP contribution in [0.1, 0.15) is 22.4 Å². The summed E-state index contributed by atoms with van der Waals surface area (Å²) < 4.78 is 80.8. The Hall–Kier alpha value is -3.32. The normalized spacial score (nSPS) is 17.0. The van der Waals surface area contributed by atoms with Crippen molar-refractivity contribution in [3.8, 4) is 0 Å². The molecule has 214 valence electrons. The smallest absolute Gasteiger partial charge is 0.355 e. The van der Waals surface area contributed by atoms with Gasteiger partial charge in [0.1, 0.15) is 11.6 Å². The van der Waals surface area contributed by atoms with Crippen LogP contribution in [0.25, 0.3) is 0 Å². The second kappa shape index (κ2) is 10.9. The van der Waals surface area contributed by atoms with Crippen molar-refractivity contribution in [3.63, 3.8) is 0 Å². The molecule has 0 bridgehead atoms. The van der Waals surface area contributed by atoms with Gasteiger partial charge in [-0.2, -0.15) is 31.3 Å². The highest BCUT2D eigenvalue weighted by Crippen LogP contribution is 2.38. The predicted octanol–water partition coefficient (Wildman–Crippen LogP) is 5.66. The molecule has 1 fully saturated rings. The number of aromatic nitrogens is 3. The Balaban J connectivity index is 1.50. The van der Waals surface area contributed by atoms with E-state index in [9.17, 15) is 26.3 Å². The minimum Gasteiger partial charge on any atom is -0.355 e. The molecule has 1 saturated heterocycles. The number of nitrogens with zero attached hydrogens (tertiary/aromatic N) is 6. The van der Waals surface area contributed by atoms with Crippen molar-refractivity contribution in [1.82, 2.24) is 19.9 Å². The molecule has 0 amide bonds. The second-order valence-electron chi connectivity index (χ2n) is 9.76. The van der Waals surface area contributed by atoms with Crippen molar-refractivity contribution in [2.24, 2.45) is 0 Å². The average molecular weight is 586 g/mol. The molecule has 5 rings (SSSR count). The van der Waals surface area contributed by atoms with Crippen LogP contribution in [0, 0.1) is 0 Å². The molecule has 14 heteroatoms. The number of piperazine rings is 1. The molecule has 0 saturated carbocycles. The molecule has 0 aliphatic carbocycles. The monoisotopic (exact) mass is 585 g/mol. The van der Waals surface area contributed by atoms with Crippen LogP contribution in [0.4, 0.5) is 49.6 Å². The van der Waals surface area contributed by atoms with Crippen LogP contribution in [-0.2, 0) is 25.2 Å². The molecule has 4 heterocycles. The summed E-state index contributed by atoms with van der Waals surface area (Å²) in [6, 6.07) is 5.61. The fourth-order valence-electron chi connectivity index (χ4n) is 4.88. The van der Waals surface area contributed by atoms with Gasteiger partial charge in [-0.3, -0.25) is 0 Å². The van der Waals surface area contributed by atoms with Gasteiger partial charge in [0.15, 0.2) is 0 Å². The average Bonchev–Trinajstić information content (AvgIpc) is 3.11. The van der Waals surface area contributed by atoms with Crippen molar-refractivity contribution in [2.45, 2.75) is 25.2 Å². The Morgan fingerprint density at radius 1 is 0.825 bits per heavy atom. The maximum absolute atomic E-state index is 13.7. The molecular formula is C26H26ClF6N7. The van der Waals surface area contributed by atoms with E-state index in [2.05, 4.69) is 15.2 Å². The SMILES string of the molecule is CN1CCN(c2nc3c(c(Nc4ccc(C(F)(F)F)c(Cl)c4)n2)CCN(c2ncccc2C(F)(F)F)CC3)CC1. The van der Waals surface area contributed by atoms with Gasteiger partial charge in [-0.1, -0.05) is 11.6 Å². The second-order valence-corrected chi connectivity index (χ2v) is 10.2. The molecule has 0 spiro atoms. The number of hydrogen-bond acceptors (Lipinski definition) is 7. The first-order chi connectivity index (χ1) is 18.9. The standard InChI is InChI=1S/C26H26ClF6N7/c1-38-11-13-40(14-12-38)24-36-21-7-10-39(23-19(26(31,32)33)3-2-8-34-23)9-6-17(21)22(37-24)35-16-4-5-18(20(27)15-16)25(28,29)30/h2-5,8,15H,6-7,9-14H2,1H3,(H,35,36,37). The van der Waals surface area contributed by atoms with E-state index in [4.69, 9.17) is 21.6 Å². The molecule has 2 aliphatic rings. The Morgan fingerprint density at radius 2 is 1.52 bits per heavy atom. The van der Waals surface area contributed by atoms with Crippen LogP contribution < -0.4 is 15.1 Å². The highest BCUT2D eigenvalue weighted by Gasteiger charge is 2.36. The topological polar surface area (TPSA) is 60.4 Å². The molecule has 3 aromatic rings. The zero-order valence-electron chi connectivity index (χ0n) is 21.4. The lowest BCUT2D eigenvalue weighted by Gasteiger charge is -2.33. The van der Waals surface area contributed by atoms with E-state index in [1.165, 1.54) is 24.4 Å². The summed E-state index contributed by atoms with van der Waals surface area (Å²) in [4.78, 5) is 19.3. The maximum atomic E-state index is 13.7. The van der Waals surface area contributed by atoms with Gasteiger partial charge in [-0.05, 0) is 43.8 Å². The van der Waals surface area contributed by atoms with Gasteiger partial charge in [0.2, 0.25) is 5.95 Å². The third-order valence-corrected chi connectivity index (χ3v) is 7.36. The first-order valence-electron chi connectivity index (χ1n) is 12.6. The Kier molecular flexibility index (Phi) is 7.71. The number of nitrogens with one attached hydrogen (secondary N) is 1. The highest BCUT2D eigenvalue weighted by molar-refractivity contribution is 6.31. The van der Waals surface area contributed by atoms with E-state index < -0.39 is 28.5 Å². The van der Waals surface area contributed by atoms with Crippen LogP contribution in [0.15, 0.2) is 36.5 Å². The van der Waals surface area contributed by atoms with Gasteiger partial charge in [0.25, 0.3) is 0 Å². The third kappa shape index (κ3) is 6.04. The third-order valence-electron chi connectivity index (χ3n) is 7.05. The van der Waals surface area contributed by atoms with Crippen molar-refractivity contribution in [1.29, 1.82) is 0 Å². The number of hydrogen-bond donors (Lipinski definition) is 1. The maximum Gasteiger partial charge on any atom is 0.419 e. The Labute approximate surface area is 231 Å². The van der Waals surface area contributed by atoms with Crippen LogP contribution >= 0.6 is 11.6 Å². The molecule has 2 aliphatic heterocycles. The van der Waals surface area contributed by atoms with Crippen LogP contribution in [-0.4, -0.2) is 66.2 Å². The van der Waals surface area contributed by atoms with Crippen LogP contribution in [0.2, 0.25) is 5.02 Å². The molecular weight excluding hydrogens is 560 g/mol. The van der Waals surface area contributed by atoms with Crippen molar-refractivity contribution in [3.05, 3.63) is 63.9 Å². The molecule has 1 N–H and O–H groups in total. The number of rotatable bonds is 4. The van der Waals surface area contributed by atoms with Gasteiger partial charge < -0.3 is 20.0 Å². The minimum absolute atomic E-state index is 0.154. The van der Waals surface area contributed by atoms with Crippen molar-refractivity contribution >= 4 is 34.9 Å². The molecule has 0 unspecified atom stereocenters. The molecule has 2 aromatic heterocycles. The van der Waals surface area contributed by atoms with Crippen molar-refractivity contribution < 1.29 is 26.3 Å². The number of halogens is 7. The Bertz CT molecular complexity index is 1370. The lowest BCUT2D eigenvalue weighted by atomic mass is 10.1. The summed E-state index contributed by atoms with van der Waals surface area (Å²) in [5.74, 6) is 0.683. The lowest BCUT2D eigenvalue weighted by Crippen LogP contribution is -2.45. The largest absolute Gasteiger partial charge is 0.419 e. The highest BCUT2D eigenvalue weighted by atomic mass is 35.5. The quantitative estimate of drug-likeness (QED) is 0.396. The number of pyridine rings is 1. The van der Waals surface area contributed by atoms with E-state index in [0.29, 0.717) is 54.6 Å². The van der Waals surface area contributed by atoms with Crippen LogP contribution in [0.3, 0.4) is 0 Å². The summed E-state index contributed by atoms with van der Waals surface area (Å²) in [6.07, 6.45) is -7.21. The fraction of sp³-hybridized carbons (Fsp3) is 0.423. The molecule has 0 radical (unpaired) electrons. The molecule has 1 aromatic carbocycles. The van der Waals surface area contributed by atoms with Gasteiger partial charge in [0.05, 0.1) is 21.8 Å². The zero-order chi connectivity index (χ0) is 28.7. The summed E-state index contributed by atoms with van der Waals surface area (Å²) in [5.41, 5.74) is -0.125. The number of benzene rings is 1.